The molecule has 1 saturated heterocycles. The molecular weight excluding hydrogens is 357 g/mol. The van der Waals surface area contributed by atoms with Gasteiger partial charge >= 0.3 is 0 Å². The number of carbonyl (C=O) groups is 2. The first-order valence-corrected chi connectivity index (χ1v) is 10.3. The molecule has 0 spiro atoms. The number of amides is 2. The van der Waals surface area contributed by atoms with E-state index in [0.29, 0.717) is 31.8 Å². The van der Waals surface area contributed by atoms with E-state index in [1.165, 1.54) is 12.1 Å². The molecule has 1 fully saturated rings. The molecule has 2 amide bonds. The van der Waals surface area contributed by atoms with Crippen LogP contribution < -0.4 is 5.32 Å². The Labute approximate surface area is 168 Å². The van der Waals surface area contributed by atoms with Crippen molar-refractivity contribution >= 4 is 11.8 Å². The molecule has 1 unspecified atom stereocenters. The summed E-state index contributed by atoms with van der Waals surface area (Å²) in [6.45, 7) is 9.25. The number of likely N-dealkylation sites (N-methyl/N-ethyl adjacent to an activating group) is 1. The molecule has 2 atom stereocenters. The zero-order chi connectivity index (χ0) is 20.7. The van der Waals surface area contributed by atoms with Crippen LogP contribution in [0, 0.1) is 11.7 Å². The van der Waals surface area contributed by atoms with Crippen LogP contribution in [-0.2, 0) is 9.59 Å². The molecule has 1 aromatic rings. The van der Waals surface area contributed by atoms with Gasteiger partial charge in [0.2, 0.25) is 11.8 Å². The van der Waals surface area contributed by atoms with Crippen LogP contribution in [0.4, 0.5) is 4.39 Å². The smallest absolute Gasteiger partial charge is 0.245 e. The Morgan fingerprint density at radius 2 is 1.71 bits per heavy atom. The number of nitrogens with zero attached hydrogens (tertiary/aromatic N) is 2. The predicted molar refractivity (Wildman–Crippen MR) is 110 cm³/mol. The Hall–Kier alpha value is -1.95. The quantitative estimate of drug-likeness (QED) is 0.741. The number of carbonyl (C=O) groups excluding carboxylic acids is 2. The van der Waals surface area contributed by atoms with Gasteiger partial charge in [-0.15, -0.1) is 0 Å². The number of piperazine rings is 1. The summed E-state index contributed by atoms with van der Waals surface area (Å²) < 4.78 is 13.2. The molecule has 0 aromatic heterocycles. The van der Waals surface area contributed by atoms with Crippen molar-refractivity contribution in [3.8, 4) is 0 Å². The lowest BCUT2D eigenvalue weighted by atomic mass is 9.92. The molecule has 2 rings (SSSR count). The highest BCUT2D eigenvalue weighted by molar-refractivity contribution is 5.88. The molecule has 0 saturated carbocycles. The summed E-state index contributed by atoms with van der Waals surface area (Å²) >= 11 is 0. The van der Waals surface area contributed by atoms with Crippen molar-refractivity contribution in [2.75, 3.05) is 33.2 Å². The SMILES string of the molecule is CCC(CC(=O)N[C@@H](CC(C)C)C(=O)N1CCN(C)CC1)c1ccc(F)cc1. The van der Waals surface area contributed by atoms with E-state index in [2.05, 4.69) is 31.1 Å². The van der Waals surface area contributed by atoms with Gasteiger partial charge in [0, 0.05) is 32.6 Å². The summed E-state index contributed by atoms with van der Waals surface area (Å²) in [5, 5.41) is 2.98. The number of halogens is 1. The van der Waals surface area contributed by atoms with Crippen LogP contribution in [0.1, 0.15) is 51.5 Å². The molecule has 0 bridgehead atoms. The van der Waals surface area contributed by atoms with Gasteiger partial charge in [-0.05, 0) is 49.4 Å². The highest BCUT2D eigenvalue weighted by Gasteiger charge is 2.29. The van der Waals surface area contributed by atoms with Gasteiger partial charge < -0.3 is 15.1 Å². The maximum Gasteiger partial charge on any atom is 0.245 e. The summed E-state index contributed by atoms with van der Waals surface area (Å²) in [5.74, 6) is -0.0630. The summed E-state index contributed by atoms with van der Waals surface area (Å²) in [4.78, 5) is 29.8. The Kier molecular flexibility index (Phi) is 8.42. The first-order chi connectivity index (χ1) is 13.3. The van der Waals surface area contributed by atoms with Crippen LogP contribution >= 0.6 is 0 Å². The first-order valence-electron chi connectivity index (χ1n) is 10.3. The van der Waals surface area contributed by atoms with E-state index in [1.807, 2.05) is 11.8 Å². The van der Waals surface area contributed by atoms with Crippen molar-refractivity contribution in [1.82, 2.24) is 15.1 Å². The number of nitrogens with one attached hydrogen (secondary N) is 1. The van der Waals surface area contributed by atoms with Gasteiger partial charge in [0.25, 0.3) is 0 Å². The van der Waals surface area contributed by atoms with Gasteiger partial charge in [-0.1, -0.05) is 32.9 Å². The minimum Gasteiger partial charge on any atom is -0.344 e. The van der Waals surface area contributed by atoms with E-state index in [4.69, 9.17) is 0 Å². The van der Waals surface area contributed by atoms with Crippen LogP contribution in [-0.4, -0.2) is 60.9 Å². The third-order valence-electron chi connectivity index (χ3n) is 5.42. The molecule has 28 heavy (non-hydrogen) atoms. The lowest BCUT2D eigenvalue weighted by Crippen LogP contribution is -2.54. The van der Waals surface area contributed by atoms with Gasteiger partial charge in [-0.25, -0.2) is 4.39 Å². The Balaban J connectivity index is 2.00. The standard InChI is InChI=1S/C22H34FN3O2/c1-5-17(18-6-8-19(23)9-7-18)15-21(27)24-20(14-16(2)3)22(28)26-12-10-25(4)11-13-26/h6-9,16-17,20H,5,10-15H2,1-4H3,(H,24,27)/t17?,20-/m0/s1. The second-order valence-electron chi connectivity index (χ2n) is 8.24. The highest BCUT2D eigenvalue weighted by atomic mass is 19.1. The average molecular weight is 392 g/mol. The Bertz CT molecular complexity index is 640. The summed E-state index contributed by atoms with van der Waals surface area (Å²) in [7, 11) is 2.05. The Morgan fingerprint density at radius 1 is 1.11 bits per heavy atom. The van der Waals surface area contributed by atoms with Crippen LogP contribution in [0.25, 0.3) is 0 Å². The first kappa shape index (κ1) is 22.3. The van der Waals surface area contributed by atoms with Gasteiger partial charge in [0.05, 0.1) is 0 Å². The number of rotatable bonds is 8. The normalized spacial score (nSPS) is 17.4. The van der Waals surface area contributed by atoms with Gasteiger partial charge in [-0.2, -0.15) is 0 Å². The summed E-state index contributed by atoms with van der Waals surface area (Å²) in [6.07, 6.45) is 1.71. The largest absolute Gasteiger partial charge is 0.344 e. The van der Waals surface area contributed by atoms with Crippen molar-refractivity contribution in [1.29, 1.82) is 0 Å². The van der Waals surface area contributed by atoms with E-state index < -0.39 is 6.04 Å². The van der Waals surface area contributed by atoms with Crippen molar-refractivity contribution in [3.05, 3.63) is 35.6 Å². The third-order valence-corrected chi connectivity index (χ3v) is 5.42. The van der Waals surface area contributed by atoms with Gasteiger partial charge in [-0.3, -0.25) is 9.59 Å². The molecule has 156 valence electrons. The van der Waals surface area contributed by atoms with Gasteiger partial charge in [0.1, 0.15) is 11.9 Å². The minimum atomic E-state index is -0.485. The molecule has 6 heteroatoms. The van der Waals surface area contributed by atoms with Crippen molar-refractivity contribution in [2.24, 2.45) is 5.92 Å². The van der Waals surface area contributed by atoms with Gasteiger partial charge in [0.15, 0.2) is 0 Å². The van der Waals surface area contributed by atoms with E-state index in [9.17, 15) is 14.0 Å². The minimum absolute atomic E-state index is 0.0130. The molecule has 5 nitrogen and oxygen atoms in total. The fraction of sp³-hybridized carbons (Fsp3) is 0.636. The molecule has 0 aliphatic carbocycles. The second-order valence-corrected chi connectivity index (χ2v) is 8.24. The summed E-state index contributed by atoms with van der Waals surface area (Å²) in [5.41, 5.74) is 0.949. The fourth-order valence-corrected chi connectivity index (χ4v) is 3.65. The average Bonchev–Trinajstić information content (AvgIpc) is 2.66. The third kappa shape index (κ3) is 6.59. The van der Waals surface area contributed by atoms with E-state index in [-0.39, 0.29) is 23.5 Å². The highest BCUT2D eigenvalue weighted by Crippen LogP contribution is 2.23. The molecule has 1 aliphatic rings. The second kappa shape index (κ2) is 10.6. The van der Waals surface area contributed by atoms with Crippen LogP contribution in [0.2, 0.25) is 0 Å². The van der Waals surface area contributed by atoms with Crippen molar-refractivity contribution in [2.45, 2.75) is 52.0 Å². The lowest BCUT2D eigenvalue weighted by molar-refractivity contribution is -0.138. The maximum absolute atomic E-state index is 13.2. The molecule has 1 aromatic carbocycles. The zero-order valence-corrected chi connectivity index (χ0v) is 17.6. The lowest BCUT2D eigenvalue weighted by Gasteiger charge is -2.35. The van der Waals surface area contributed by atoms with Crippen molar-refractivity contribution in [3.63, 3.8) is 0 Å². The monoisotopic (exact) mass is 391 g/mol. The van der Waals surface area contributed by atoms with Crippen LogP contribution in [0.5, 0.6) is 0 Å². The topological polar surface area (TPSA) is 52.7 Å². The number of hydrogen-bond acceptors (Lipinski definition) is 3. The Morgan fingerprint density at radius 3 is 2.25 bits per heavy atom. The zero-order valence-electron chi connectivity index (χ0n) is 17.6. The molecule has 1 heterocycles. The molecular formula is C22H34FN3O2. The maximum atomic E-state index is 13.2. The number of hydrogen-bond donors (Lipinski definition) is 1. The van der Waals surface area contributed by atoms with Crippen LogP contribution in [0.15, 0.2) is 24.3 Å². The predicted octanol–water partition coefficient (Wildman–Crippen LogP) is 3.01. The molecule has 0 radical (unpaired) electrons. The van der Waals surface area contributed by atoms with E-state index >= 15 is 0 Å². The molecule has 1 aliphatic heterocycles. The van der Waals surface area contributed by atoms with Crippen molar-refractivity contribution < 1.29 is 14.0 Å². The van der Waals surface area contributed by atoms with E-state index in [1.54, 1.807) is 12.1 Å². The molecule has 1 N–H and O–H groups in total. The van der Waals surface area contributed by atoms with E-state index in [0.717, 1.165) is 25.1 Å². The summed E-state index contributed by atoms with van der Waals surface area (Å²) in [6, 6.07) is 5.83. The van der Waals surface area contributed by atoms with Crippen LogP contribution in [0.3, 0.4) is 0 Å². The fourth-order valence-electron chi connectivity index (χ4n) is 3.65. The number of benzene rings is 1.